The number of hydrogen-bond acceptors (Lipinski definition) is 13. The second kappa shape index (κ2) is 40.8. The van der Waals surface area contributed by atoms with Crippen LogP contribution >= 0.6 is 0 Å². The molecule has 1 rings (SSSR count). The van der Waals surface area contributed by atoms with Crippen LogP contribution in [0.25, 0.3) is 0 Å². The van der Waals surface area contributed by atoms with E-state index in [1.54, 1.807) is 0 Å². The van der Waals surface area contributed by atoms with Crippen molar-refractivity contribution in [1.82, 2.24) is 5.32 Å². The first-order chi connectivity index (χ1) is 25.3. The van der Waals surface area contributed by atoms with Gasteiger partial charge in [-0.05, 0) is 12.0 Å². The summed E-state index contributed by atoms with van der Waals surface area (Å²) in [6.07, 6.45) is 5.79. The lowest BCUT2D eigenvalue weighted by atomic mass is 10.2. The fourth-order valence-corrected chi connectivity index (χ4v) is 4.11. The van der Waals surface area contributed by atoms with Crippen LogP contribution in [0.3, 0.4) is 0 Å². The van der Waals surface area contributed by atoms with E-state index in [1.165, 1.54) is 25.7 Å². The number of benzene rings is 1. The van der Waals surface area contributed by atoms with Gasteiger partial charge >= 0.3 is 6.09 Å². The second-order valence-electron chi connectivity index (χ2n) is 11.1. The molecule has 1 amide bonds. The first kappa shape index (κ1) is 47.1. The average molecular weight is 734 g/mol. The third-order valence-corrected chi connectivity index (χ3v) is 6.84. The lowest BCUT2D eigenvalue weighted by Crippen LogP contribution is -2.28. The fraction of sp³-hybridized carbons (Fsp3) is 0.811. The summed E-state index contributed by atoms with van der Waals surface area (Å²) in [5, 5.41) is 2.64. The molecule has 0 saturated heterocycles. The molecule has 0 fully saturated rings. The van der Waals surface area contributed by atoms with Crippen molar-refractivity contribution in [2.45, 2.75) is 45.6 Å². The molecule has 298 valence electrons. The van der Waals surface area contributed by atoms with Crippen molar-refractivity contribution in [3.05, 3.63) is 35.9 Å². The molecule has 1 aromatic rings. The van der Waals surface area contributed by atoms with Crippen molar-refractivity contribution in [2.75, 3.05) is 152 Å². The topological polar surface area (TPSA) is 140 Å². The van der Waals surface area contributed by atoms with Crippen LogP contribution in [0, 0.1) is 0 Å². The van der Waals surface area contributed by atoms with E-state index in [0.29, 0.717) is 145 Å². The largest absolute Gasteiger partial charge is 0.445 e. The minimum atomic E-state index is -0.468. The Labute approximate surface area is 306 Å². The van der Waals surface area contributed by atoms with Crippen LogP contribution in [-0.4, -0.2) is 158 Å². The van der Waals surface area contributed by atoms with Crippen molar-refractivity contribution in [3.8, 4) is 0 Å². The fourth-order valence-electron chi connectivity index (χ4n) is 4.11. The number of rotatable bonds is 41. The maximum atomic E-state index is 11.6. The second-order valence-corrected chi connectivity index (χ2v) is 11.1. The molecule has 51 heavy (non-hydrogen) atoms. The van der Waals surface area contributed by atoms with E-state index in [2.05, 4.69) is 12.2 Å². The van der Waals surface area contributed by atoms with Crippen molar-refractivity contribution >= 4 is 6.09 Å². The Kier molecular flexibility index (Phi) is 37.7. The maximum absolute atomic E-state index is 11.6. The SMILES string of the molecule is CCCCCCCOCCOCCOCCOCCOCCOCCOCCOCCOCCOCCOCCNC(=O)OCc1ccccc1. The Morgan fingerprint density at radius 3 is 1.14 bits per heavy atom. The monoisotopic (exact) mass is 733 g/mol. The lowest BCUT2D eigenvalue weighted by Gasteiger charge is -2.09. The van der Waals surface area contributed by atoms with E-state index < -0.39 is 6.09 Å². The summed E-state index contributed by atoms with van der Waals surface area (Å²) in [5.41, 5.74) is 0.939. The van der Waals surface area contributed by atoms with Gasteiger partial charge in [0.1, 0.15) is 6.61 Å². The molecule has 0 aliphatic rings. The van der Waals surface area contributed by atoms with Crippen molar-refractivity contribution in [1.29, 1.82) is 0 Å². The molecule has 14 heteroatoms. The highest BCUT2D eigenvalue weighted by Gasteiger charge is 2.02. The van der Waals surface area contributed by atoms with Crippen molar-refractivity contribution in [3.63, 3.8) is 0 Å². The highest BCUT2D eigenvalue weighted by Crippen LogP contribution is 2.02. The Hall–Kier alpha value is -1.95. The smallest absolute Gasteiger partial charge is 0.407 e. The molecular formula is C37H67NO13. The molecule has 0 aromatic heterocycles. The van der Waals surface area contributed by atoms with Gasteiger partial charge in [-0.15, -0.1) is 0 Å². The van der Waals surface area contributed by atoms with Gasteiger partial charge in [0.25, 0.3) is 0 Å². The molecule has 1 aromatic carbocycles. The van der Waals surface area contributed by atoms with E-state index in [-0.39, 0.29) is 6.61 Å². The first-order valence-corrected chi connectivity index (χ1v) is 18.6. The van der Waals surface area contributed by atoms with Crippen LogP contribution in [-0.2, 0) is 63.4 Å². The van der Waals surface area contributed by atoms with Gasteiger partial charge in [-0.3, -0.25) is 0 Å². The third kappa shape index (κ3) is 37.6. The quantitative estimate of drug-likeness (QED) is 0.0969. The summed E-state index contributed by atoms with van der Waals surface area (Å²) < 4.78 is 65.5. The van der Waals surface area contributed by atoms with Gasteiger partial charge in [0.15, 0.2) is 0 Å². The number of unbranched alkanes of at least 4 members (excludes halogenated alkanes) is 4. The number of carbonyl (C=O) groups excluding carboxylic acids is 1. The minimum absolute atomic E-state index is 0.239. The summed E-state index contributed by atoms with van der Waals surface area (Å²) in [6.45, 7) is 14.3. The van der Waals surface area contributed by atoms with Crippen molar-refractivity contribution < 1.29 is 61.6 Å². The number of carbonyl (C=O) groups is 1. The number of hydrogen-bond donors (Lipinski definition) is 1. The van der Waals surface area contributed by atoms with Gasteiger partial charge in [0.2, 0.25) is 0 Å². The van der Waals surface area contributed by atoms with Gasteiger partial charge < -0.3 is 62.2 Å². The molecule has 0 atom stereocenters. The van der Waals surface area contributed by atoms with E-state index in [0.717, 1.165) is 18.6 Å². The van der Waals surface area contributed by atoms with E-state index >= 15 is 0 Å². The summed E-state index contributed by atoms with van der Waals surface area (Å²) in [6, 6.07) is 9.51. The summed E-state index contributed by atoms with van der Waals surface area (Å²) in [4.78, 5) is 11.6. The molecule has 14 nitrogen and oxygen atoms in total. The summed E-state index contributed by atoms with van der Waals surface area (Å²) in [7, 11) is 0. The molecule has 0 radical (unpaired) electrons. The number of alkyl carbamates (subject to hydrolysis) is 1. The normalized spacial score (nSPS) is 11.3. The first-order valence-electron chi connectivity index (χ1n) is 18.6. The molecule has 0 unspecified atom stereocenters. The highest BCUT2D eigenvalue weighted by atomic mass is 16.6. The average Bonchev–Trinajstić information content (AvgIpc) is 3.15. The zero-order valence-corrected chi connectivity index (χ0v) is 31.2. The Morgan fingerprint density at radius 2 is 0.765 bits per heavy atom. The molecule has 0 bridgehead atoms. The maximum Gasteiger partial charge on any atom is 0.407 e. The van der Waals surface area contributed by atoms with Gasteiger partial charge in [0.05, 0.1) is 139 Å². The van der Waals surface area contributed by atoms with Crippen LogP contribution in [0.5, 0.6) is 0 Å². The molecule has 1 N–H and O–H groups in total. The van der Waals surface area contributed by atoms with Gasteiger partial charge in [-0.25, -0.2) is 4.79 Å². The van der Waals surface area contributed by atoms with Crippen LogP contribution in [0.2, 0.25) is 0 Å². The summed E-state index contributed by atoms with van der Waals surface area (Å²) >= 11 is 0. The van der Waals surface area contributed by atoms with Crippen LogP contribution in [0.4, 0.5) is 4.79 Å². The predicted molar refractivity (Wildman–Crippen MR) is 192 cm³/mol. The van der Waals surface area contributed by atoms with E-state index in [9.17, 15) is 4.79 Å². The van der Waals surface area contributed by atoms with Crippen LogP contribution in [0.1, 0.15) is 44.6 Å². The molecule has 0 spiro atoms. The lowest BCUT2D eigenvalue weighted by molar-refractivity contribution is -0.0275. The Bertz CT molecular complexity index is 825. The van der Waals surface area contributed by atoms with Crippen LogP contribution < -0.4 is 5.32 Å². The van der Waals surface area contributed by atoms with E-state index in [4.69, 9.17) is 56.8 Å². The van der Waals surface area contributed by atoms with Gasteiger partial charge in [0, 0.05) is 13.2 Å². The van der Waals surface area contributed by atoms with Gasteiger partial charge in [-0.1, -0.05) is 62.9 Å². The predicted octanol–water partition coefficient (Wildman–Crippen LogP) is 4.07. The minimum Gasteiger partial charge on any atom is -0.445 e. The zero-order chi connectivity index (χ0) is 36.4. The van der Waals surface area contributed by atoms with Crippen molar-refractivity contribution in [2.24, 2.45) is 0 Å². The molecule has 0 aliphatic carbocycles. The molecular weight excluding hydrogens is 666 g/mol. The molecule has 0 saturated carbocycles. The standard InChI is InChI=1S/C37H67NO13/c1-2-3-4-5-9-13-40-15-17-42-19-21-44-23-25-46-27-29-48-31-33-50-34-32-49-30-28-47-26-24-45-22-20-43-18-16-41-14-12-38-37(39)51-35-36-10-7-6-8-11-36/h6-8,10-11H,2-5,9,12-35H2,1H3,(H,38,39). The molecule has 0 aliphatic heterocycles. The number of ether oxygens (including phenoxy) is 12. The Morgan fingerprint density at radius 1 is 0.431 bits per heavy atom. The van der Waals surface area contributed by atoms with Crippen LogP contribution in [0.15, 0.2) is 30.3 Å². The summed E-state index contributed by atoms with van der Waals surface area (Å²) in [5.74, 6) is 0. The Balaban J connectivity index is 1.62. The zero-order valence-electron chi connectivity index (χ0n) is 31.2. The highest BCUT2D eigenvalue weighted by molar-refractivity contribution is 5.67. The number of amides is 1. The molecule has 0 heterocycles. The third-order valence-electron chi connectivity index (χ3n) is 6.84. The van der Waals surface area contributed by atoms with Gasteiger partial charge in [-0.2, -0.15) is 0 Å². The van der Waals surface area contributed by atoms with E-state index in [1.807, 2.05) is 30.3 Å². The number of nitrogens with one attached hydrogen (secondary N) is 1.